The molecule has 6 heteroatoms. The van der Waals surface area contributed by atoms with Crippen molar-refractivity contribution < 1.29 is 0 Å². The van der Waals surface area contributed by atoms with Gasteiger partial charge in [-0.2, -0.15) is 10.4 Å². The molecule has 1 saturated heterocycles. The van der Waals surface area contributed by atoms with Crippen molar-refractivity contribution in [3.05, 3.63) is 12.2 Å². The van der Waals surface area contributed by atoms with Gasteiger partial charge in [0.25, 0.3) is 0 Å². The van der Waals surface area contributed by atoms with Crippen molar-refractivity contribution in [2.45, 2.75) is 52.2 Å². The van der Waals surface area contributed by atoms with Gasteiger partial charge in [-0.1, -0.05) is 13.3 Å². The molecule has 116 valence electrons. The number of piperazine rings is 1. The highest BCUT2D eigenvalue weighted by molar-refractivity contribution is 4.94. The van der Waals surface area contributed by atoms with Crippen molar-refractivity contribution in [1.29, 1.82) is 5.26 Å². The fraction of sp³-hybridized carbons (Fsp3) is 0.800. The predicted molar refractivity (Wildman–Crippen MR) is 81.6 cm³/mol. The second kappa shape index (κ2) is 7.53. The first kappa shape index (κ1) is 15.9. The molecule has 21 heavy (non-hydrogen) atoms. The van der Waals surface area contributed by atoms with Crippen molar-refractivity contribution in [3.8, 4) is 6.07 Å². The van der Waals surface area contributed by atoms with Crippen LogP contribution in [0.5, 0.6) is 0 Å². The Kier molecular flexibility index (Phi) is 5.71. The molecule has 1 aromatic heterocycles. The van der Waals surface area contributed by atoms with Gasteiger partial charge in [0.2, 0.25) is 0 Å². The molecular weight excluding hydrogens is 264 g/mol. The molecule has 1 aliphatic heterocycles. The Morgan fingerprint density at radius 2 is 2.00 bits per heavy atom. The van der Waals surface area contributed by atoms with E-state index in [9.17, 15) is 5.26 Å². The van der Waals surface area contributed by atoms with E-state index in [0.29, 0.717) is 6.04 Å². The maximum Gasteiger partial charge on any atom is 0.141 e. The van der Waals surface area contributed by atoms with E-state index in [2.05, 4.69) is 46.7 Å². The lowest BCUT2D eigenvalue weighted by molar-refractivity contribution is 0.103. The van der Waals surface area contributed by atoms with E-state index < -0.39 is 0 Å². The van der Waals surface area contributed by atoms with E-state index in [1.165, 1.54) is 0 Å². The van der Waals surface area contributed by atoms with Gasteiger partial charge < -0.3 is 0 Å². The van der Waals surface area contributed by atoms with Gasteiger partial charge in [0.15, 0.2) is 0 Å². The van der Waals surface area contributed by atoms with Crippen LogP contribution in [0.2, 0.25) is 0 Å². The van der Waals surface area contributed by atoms with Gasteiger partial charge in [0, 0.05) is 32.2 Å². The van der Waals surface area contributed by atoms with Crippen LogP contribution in [0.3, 0.4) is 0 Å². The zero-order valence-electron chi connectivity index (χ0n) is 13.4. The third-order valence-corrected chi connectivity index (χ3v) is 4.06. The van der Waals surface area contributed by atoms with E-state index >= 15 is 0 Å². The molecule has 0 spiro atoms. The molecule has 0 aromatic carbocycles. The Hall–Kier alpha value is -1.45. The summed E-state index contributed by atoms with van der Waals surface area (Å²) in [6, 6.07) is 2.86. The maximum atomic E-state index is 9.25. The molecule has 0 N–H and O–H groups in total. The highest BCUT2D eigenvalue weighted by atomic mass is 15.4. The SMILES string of the molecule is CCCC(C#N)N1CCN(Cc2ncnn2C(C)C)CC1. The fourth-order valence-corrected chi connectivity index (χ4v) is 2.85. The van der Waals surface area contributed by atoms with E-state index in [-0.39, 0.29) is 6.04 Å². The normalized spacial score (nSPS) is 18.8. The zero-order valence-corrected chi connectivity index (χ0v) is 13.4. The Labute approximate surface area is 127 Å². The summed E-state index contributed by atoms with van der Waals surface area (Å²) in [4.78, 5) is 9.09. The molecule has 1 aromatic rings. The molecule has 1 aliphatic rings. The van der Waals surface area contributed by atoms with E-state index in [1.54, 1.807) is 6.33 Å². The fourth-order valence-electron chi connectivity index (χ4n) is 2.85. The molecule has 0 amide bonds. The Morgan fingerprint density at radius 3 is 2.57 bits per heavy atom. The predicted octanol–water partition coefficient (Wildman–Crippen LogP) is 1.67. The van der Waals surface area contributed by atoms with Gasteiger partial charge in [0.1, 0.15) is 12.2 Å². The van der Waals surface area contributed by atoms with Crippen LogP contribution in [-0.4, -0.2) is 56.8 Å². The summed E-state index contributed by atoms with van der Waals surface area (Å²) in [5.41, 5.74) is 0. The van der Waals surface area contributed by atoms with Crippen LogP contribution < -0.4 is 0 Å². The van der Waals surface area contributed by atoms with Crippen molar-refractivity contribution in [3.63, 3.8) is 0 Å². The molecule has 2 rings (SSSR count). The molecular formula is C15H26N6. The van der Waals surface area contributed by atoms with Gasteiger partial charge in [0.05, 0.1) is 18.7 Å². The monoisotopic (exact) mass is 290 g/mol. The minimum Gasteiger partial charge on any atom is -0.293 e. The highest BCUT2D eigenvalue weighted by Gasteiger charge is 2.24. The lowest BCUT2D eigenvalue weighted by Crippen LogP contribution is -2.49. The van der Waals surface area contributed by atoms with Gasteiger partial charge >= 0.3 is 0 Å². The van der Waals surface area contributed by atoms with Gasteiger partial charge in [-0.15, -0.1) is 0 Å². The van der Waals surface area contributed by atoms with E-state index in [1.807, 2.05) is 4.68 Å². The lowest BCUT2D eigenvalue weighted by atomic mass is 10.1. The second-order valence-electron chi connectivity index (χ2n) is 5.96. The number of hydrogen-bond acceptors (Lipinski definition) is 5. The Morgan fingerprint density at radius 1 is 1.29 bits per heavy atom. The van der Waals surface area contributed by atoms with Gasteiger partial charge in [-0.05, 0) is 20.3 Å². The third-order valence-electron chi connectivity index (χ3n) is 4.06. The first-order valence-corrected chi connectivity index (χ1v) is 7.90. The van der Waals surface area contributed by atoms with Crippen molar-refractivity contribution in [2.75, 3.05) is 26.2 Å². The Bertz CT molecular complexity index is 467. The number of rotatable bonds is 6. The summed E-state index contributed by atoms with van der Waals surface area (Å²) in [7, 11) is 0. The highest BCUT2D eigenvalue weighted by Crippen LogP contribution is 2.13. The van der Waals surface area contributed by atoms with Crippen molar-refractivity contribution in [2.24, 2.45) is 0 Å². The van der Waals surface area contributed by atoms with Gasteiger partial charge in [-0.25, -0.2) is 9.67 Å². The van der Waals surface area contributed by atoms with Crippen LogP contribution in [0, 0.1) is 11.3 Å². The topological polar surface area (TPSA) is 61.0 Å². The summed E-state index contributed by atoms with van der Waals surface area (Å²) < 4.78 is 1.99. The summed E-state index contributed by atoms with van der Waals surface area (Å²) in [5, 5.41) is 13.5. The number of nitriles is 1. The van der Waals surface area contributed by atoms with Crippen LogP contribution in [0.15, 0.2) is 6.33 Å². The zero-order chi connectivity index (χ0) is 15.2. The largest absolute Gasteiger partial charge is 0.293 e. The number of hydrogen-bond donors (Lipinski definition) is 0. The minimum atomic E-state index is 0.0801. The summed E-state index contributed by atoms with van der Waals surface area (Å²) in [6.45, 7) is 11.1. The van der Waals surface area contributed by atoms with E-state index in [0.717, 1.165) is 51.4 Å². The first-order valence-electron chi connectivity index (χ1n) is 7.90. The first-order chi connectivity index (χ1) is 10.2. The third kappa shape index (κ3) is 4.02. The number of aromatic nitrogens is 3. The maximum absolute atomic E-state index is 9.25. The lowest BCUT2D eigenvalue weighted by Gasteiger charge is -2.36. The molecule has 0 aliphatic carbocycles. The molecule has 1 unspecified atom stereocenters. The smallest absolute Gasteiger partial charge is 0.141 e. The second-order valence-corrected chi connectivity index (χ2v) is 5.96. The van der Waals surface area contributed by atoms with Crippen molar-refractivity contribution >= 4 is 0 Å². The Balaban J connectivity index is 1.87. The standard InChI is InChI=1S/C15H26N6/c1-4-5-14(10-16)20-8-6-19(7-9-20)11-15-17-12-18-21(15)13(2)3/h12-14H,4-9,11H2,1-3H3. The summed E-state index contributed by atoms with van der Waals surface area (Å²) >= 11 is 0. The molecule has 0 bridgehead atoms. The van der Waals surface area contributed by atoms with E-state index in [4.69, 9.17) is 0 Å². The number of nitrogens with zero attached hydrogens (tertiary/aromatic N) is 6. The van der Waals surface area contributed by atoms with Crippen LogP contribution in [0.4, 0.5) is 0 Å². The summed E-state index contributed by atoms with van der Waals surface area (Å²) in [6.07, 6.45) is 3.67. The van der Waals surface area contributed by atoms with Crippen molar-refractivity contribution in [1.82, 2.24) is 24.6 Å². The van der Waals surface area contributed by atoms with Crippen LogP contribution >= 0.6 is 0 Å². The van der Waals surface area contributed by atoms with Crippen LogP contribution in [0.1, 0.15) is 45.5 Å². The average molecular weight is 290 g/mol. The molecule has 0 radical (unpaired) electrons. The molecule has 6 nitrogen and oxygen atoms in total. The van der Waals surface area contributed by atoms with Crippen LogP contribution in [0.25, 0.3) is 0 Å². The average Bonchev–Trinajstić information content (AvgIpc) is 2.94. The molecule has 0 saturated carbocycles. The molecule has 2 heterocycles. The van der Waals surface area contributed by atoms with Gasteiger partial charge in [-0.3, -0.25) is 9.80 Å². The quantitative estimate of drug-likeness (QED) is 0.797. The molecule has 1 fully saturated rings. The molecule has 1 atom stereocenters. The summed E-state index contributed by atoms with van der Waals surface area (Å²) in [5.74, 6) is 1.03. The van der Waals surface area contributed by atoms with Crippen LogP contribution in [-0.2, 0) is 6.54 Å². The minimum absolute atomic E-state index is 0.0801.